The van der Waals surface area contributed by atoms with E-state index in [-0.39, 0.29) is 12.0 Å². The first kappa shape index (κ1) is 14.8. The molecular weight excluding hydrogens is 250 g/mol. The average molecular weight is 273 g/mol. The fourth-order valence-electron chi connectivity index (χ4n) is 2.89. The van der Waals surface area contributed by atoms with Gasteiger partial charge < -0.3 is 9.47 Å². The van der Waals surface area contributed by atoms with E-state index in [2.05, 4.69) is 24.9 Å². The van der Waals surface area contributed by atoms with Gasteiger partial charge in [-0.3, -0.25) is 4.79 Å². The highest BCUT2D eigenvalue weighted by Gasteiger charge is 2.19. The van der Waals surface area contributed by atoms with Crippen molar-refractivity contribution >= 4 is 0 Å². The van der Waals surface area contributed by atoms with Crippen LogP contribution in [0.2, 0.25) is 0 Å². The standard InChI is InChI=1S/C16H23N3O/c1-3-4-5-9-19-15-7-10-18(2)12-14(15)11-13(6-8-17)16(19)20/h11H,3-7,9-10,12H2,1-2H3. The fraction of sp³-hybridized carbons (Fsp3) is 0.625. The van der Waals surface area contributed by atoms with E-state index in [4.69, 9.17) is 5.26 Å². The van der Waals surface area contributed by atoms with Gasteiger partial charge in [-0.2, -0.15) is 5.26 Å². The molecule has 0 unspecified atom stereocenters. The van der Waals surface area contributed by atoms with E-state index in [1.165, 1.54) is 11.3 Å². The molecule has 1 aromatic heterocycles. The molecule has 2 heterocycles. The summed E-state index contributed by atoms with van der Waals surface area (Å²) in [6, 6.07) is 4.06. The van der Waals surface area contributed by atoms with Gasteiger partial charge in [0.15, 0.2) is 0 Å². The van der Waals surface area contributed by atoms with Crippen molar-refractivity contribution < 1.29 is 0 Å². The summed E-state index contributed by atoms with van der Waals surface area (Å²) in [7, 11) is 2.10. The van der Waals surface area contributed by atoms with Crippen molar-refractivity contribution in [3.63, 3.8) is 0 Å². The van der Waals surface area contributed by atoms with Gasteiger partial charge in [0, 0.05) is 37.3 Å². The molecule has 0 saturated heterocycles. The lowest BCUT2D eigenvalue weighted by Crippen LogP contribution is -2.35. The molecule has 20 heavy (non-hydrogen) atoms. The van der Waals surface area contributed by atoms with Crippen molar-refractivity contribution in [1.29, 1.82) is 5.26 Å². The van der Waals surface area contributed by atoms with Crippen LogP contribution in [0.4, 0.5) is 0 Å². The van der Waals surface area contributed by atoms with Gasteiger partial charge in [0.05, 0.1) is 12.5 Å². The number of rotatable bonds is 5. The number of hydrogen-bond acceptors (Lipinski definition) is 3. The molecule has 108 valence electrons. The van der Waals surface area contributed by atoms with Crippen LogP contribution in [0.3, 0.4) is 0 Å². The Balaban J connectivity index is 2.40. The van der Waals surface area contributed by atoms with Crippen LogP contribution in [-0.2, 0) is 25.9 Å². The maximum atomic E-state index is 12.5. The number of hydrogen-bond donors (Lipinski definition) is 0. The lowest BCUT2D eigenvalue weighted by Gasteiger charge is -2.28. The van der Waals surface area contributed by atoms with Crippen LogP contribution in [0, 0.1) is 11.3 Å². The van der Waals surface area contributed by atoms with E-state index in [0.717, 1.165) is 45.3 Å². The molecular formula is C16H23N3O. The second-order valence-electron chi connectivity index (χ2n) is 5.63. The van der Waals surface area contributed by atoms with Gasteiger partial charge >= 0.3 is 0 Å². The molecule has 4 heteroatoms. The molecule has 0 saturated carbocycles. The molecule has 0 bridgehead atoms. The molecule has 1 aromatic rings. The third-order valence-corrected chi connectivity index (χ3v) is 3.99. The number of unbranched alkanes of at least 4 members (excludes halogenated alkanes) is 2. The highest BCUT2D eigenvalue weighted by atomic mass is 16.1. The fourth-order valence-corrected chi connectivity index (χ4v) is 2.89. The number of pyridine rings is 1. The summed E-state index contributed by atoms with van der Waals surface area (Å²) in [6.45, 7) is 4.83. The van der Waals surface area contributed by atoms with E-state index in [9.17, 15) is 4.79 Å². The second-order valence-corrected chi connectivity index (χ2v) is 5.63. The first-order chi connectivity index (χ1) is 9.67. The molecule has 0 radical (unpaired) electrons. The molecule has 0 aromatic carbocycles. The first-order valence-electron chi connectivity index (χ1n) is 7.47. The minimum atomic E-state index is 0.0472. The molecule has 1 aliphatic rings. The number of aromatic nitrogens is 1. The Bertz CT molecular complexity index is 568. The van der Waals surface area contributed by atoms with Crippen LogP contribution in [0.25, 0.3) is 0 Å². The van der Waals surface area contributed by atoms with E-state index >= 15 is 0 Å². The summed E-state index contributed by atoms with van der Waals surface area (Å²) in [4.78, 5) is 14.8. The van der Waals surface area contributed by atoms with Gasteiger partial charge in [-0.1, -0.05) is 19.8 Å². The zero-order valence-corrected chi connectivity index (χ0v) is 12.5. The molecule has 0 amide bonds. The van der Waals surface area contributed by atoms with Gasteiger partial charge in [0.1, 0.15) is 0 Å². The van der Waals surface area contributed by atoms with Gasteiger partial charge in [-0.05, 0) is 25.1 Å². The zero-order valence-electron chi connectivity index (χ0n) is 12.5. The van der Waals surface area contributed by atoms with E-state index in [0.29, 0.717) is 5.56 Å². The second kappa shape index (κ2) is 6.71. The van der Waals surface area contributed by atoms with Crippen molar-refractivity contribution in [2.24, 2.45) is 0 Å². The Hall–Kier alpha value is -1.60. The summed E-state index contributed by atoms with van der Waals surface area (Å²) in [5, 5.41) is 8.90. The summed E-state index contributed by atoms with van der Waals surface area (Å²) >= 11 is 0. The normalized spacial score (nSPS) is 14.8. The third kappa shape index (κ3) is 3.10. The van der Waals surface area contributed by atoms with Crippen molar-refractivity contribution in [2.45, 2.75) is 52.1 Å². The van der Waals surface area contributed by atoms with Crippen LogP contribution in [0.15, 0.2) is 10.9 Å². The number of nitriles is 1. The molecule has 0 aliphatic carbocycles. The number of likely N-dealkylation sites (N-methyl/N-ethyl adjacent to an activating group) is 1. The maximum Gasteiger partial charge on any atom is 0.255 e. The molecule has 0 fully saturated rings. The van der Waals surface area contributed by atoms with Crippen molar-refractivity contribution in [1.82, 2.24) is 9.47 Å². The topological polar surface area (TPSA) is 49.0 Å². The molecule has 2 rings (SSSR count). The third-order valence-electron chi connectivity index (χ3n) is 3.99. The van der Waals surface area contributed by atoms with Gasteiger partial charge in [0.2, 0.25) is 0 Å². The smallest absolute Gasteiger partial charge is 0.255 e. The molecule has 1 aliphatic heterocycles. The van der Waals surface area contributed by atoms with Gasteiger partial charge in [-0.15, -0.1) is 0 Å². The highest BCUT2D eigenvalue weighted by Crippen LogP contribution is 2.18. The first-order valence-corrected chi connectivity index (χ1v) is 7.47. The van der Waals surface area contributed by atoms with E-state index < -0.39 is 0 Å². The largest absolute Gasteiger partial charge is 0.312 e. The minimum Gasteiger partial charge on any atom is -0.312 e. The Kier molecular flexibility index (Phi) is 4.97. The quantitative estimate of drug-likeness (QED) is 0.772. The SMILES string of the molecule is CCCCCn1c2c(cc(CC#N)c1=O)CN(C)CC2. The minimum absolute atomic E-state index is 0.0472. The summed E-state index contributed by atoms with van der Waals surface area (Å²) in [6.07, 6.45) is 4.47. The van der Waals surface area contributed by atoms with Gasteiger partial charge in [-0.25, -0.2) is 0 Å². The van der Waals surface area contributed by atoms with Crippen LogP contribution < -0.4 is 5.56 Å². The van der Waals surface area contributed by atoms with Crippen LogP contribution in [0.1, 0.15) is 43.0 Å². The lowest BCUT2D eigenvalue weighted by molar-refractivity contribution is 0.303. The predicted molar refractivity (Wildman–Crippen MR) is 79.6 cm³/mol. The van der Waals surface area contributed by atoms with Crippen molar-refractivity contribution in [3.8, 4) is 6.07 Å². The predicted octanol–water partition coefficient (Wildman–Crippen LogP) is 2.09. The Morgan fingerprint density at radius 1 is 1.40 bits per heavy atom. The Morgan fingerprint density at radius 3 is 2.90 bits per heavy atom. The van der Waals surface area contributed by atoms with Crippen LogP contribution in [0.5, 0.6) is 0 Å². The van der Waals surface area contributed by atoms with E-state index in [1.807, 2.05) is 10.6 Å². The van der Waals surface area contributed by atoms with Crippen molar-refractivity contribution in [2.75, 3.05) is 13.6 Å². The molecule has 0 atom stereocenters. The van der Waals surface area contributed by atoms with E-state index in [1.54, 1.807) is 0 Å². The number of fused-ring (bicyclic) bond motifs is 1. The highest BCUT2D eigenvalue weighted by molar-refractivity contribution is 5.30. The lowest BCUT2D eigenvalue weighted by atomic mass is 10.0. The van der Waals surface area contributed by atoms with Crippen LogP contribution in [-0.4, -0.2) is 23.1 Å². The summed E-state index contributed by atoms with van der Waals surface area (Å²) in [5.41, 5.74) is 3.11. The molecule has 0 spiro atoms. The zero-order chi connectivity index (χ0) is 14.5. The summed E-state index contributed by atoms with van der Waals surface area (Å²) in [5.74, 6) is 0. The number of nitrogens with zero attached hydrogens (tertiary/aromatic N) is 3. The van der Waals surface area contributed by atoms with Gasteiger partial charge in [0.25, 0.3) is 5.56 Å². The maximum absolute atomic E-state index is 12.5. The Morgan fingerprint density at radius 2 is 2.20 bits per heavy atom. The van der Waals surface area contributed by atoms with Crippen LogP contribution >= 0.6 is 0 Å². The molecule has 4 nitrogen and oxygen atoms in total. The Labute approximate surface area is 120 Å². The average Bonchev–Trinajstić information content (AvgIpc) is 2.43. The molecule has 0 N–H and O–H groups in total. The van der Waals surface area contributed by atoms with Crippen molar-refractivity contribution in [3.05, 3.63) is 33.2 Å². The summed E-state index contributed by atoms with van der Waals surface area (Å²) < 4.78 is 1.94. The monoisotopic (exact) mass is 273 g/mol.